The predicted octanol–water partition coefficient (Wildman–Crippen LogP) is 3.73. The number of nitrogens with two attached hydrogens (primary N) is 1. The van der Waals surface area contributed by atoms with Crippen LogP contribution in [0.4, 0.5) is 5.69 Å². The molecule has 20 heavy (non-hydrogen) atoms. The molecular formula is C17H28N2O. The minimum absolute atomic E-state index is 0.0221. The molecule has 0 bridgehead atoms. The van der Waals surface area contributed by atoms with E-state index in [-0.39, 0.29) is 6.04 Å². The van der Waals surface area contributed by atoms with Gasteiger partial charge in [0.15, 0.2) is 0 Å². The first-order valence-electron chi connectivity index (χ1n) is 7.70. The molecule has 1 aliphatic rings. The van der Waals surface area contributed by atoms with Gasteiger partial charge in [-0.3, -0.25) is 0 Å². The number of benzene rings is 1. The van der Waals surface area contributed by atoms with Gasteiger partial charge in [-0.25, -0.2) is 0 Å². The van der Waals surface area contributed by atoms with Crippen molar-refractivity contribution in [2.75, 3.05) is 19.1 Å². The molecule has 1 aliphatic carbocycles. The van der Waals surface area contributed by atoms with Gasteiger partial charge in [-0.2, -0.15) is 0 Å². The maximum atomic E-state index is 6.17. The van der Waals surface area contributed by atoms with Crippen molar-refractivity contribution in [2.24, 2.45) is 11.7 Å². The summed E-state index contributed by atoms with van der Waals surface area (Å²) >= 11 is 0. The van der Waals surface area contributed by atoms with Crippen LogP contribution < -0.4 is 15.4 Å². The van der Waals surface area contributed by atoms with E-state index in [1.54, 1.807) is 7.11 Å². The Hall–Kier alpha value is -1.22. The van der Waals surface area contributed by atoms with Crippen LogP contribution in [-0.4, -0.2) is 20.2 Å². The second kappa shape index (κ2) is 6.49. The molecule has 0 spiro atoms. The molecule has 0 aliphatic heterocycles. The van der Waals surface area contributed by atoms with Crippen molar-refractivity contribution in [1.29, 1.82) is 0 Å². The zero-order valence-corrected chi connectivity index (χ0v) is 13.2. The minimum atomic E-state index is -0.0221. The quantitative estimate of drug-likeness (QED) is 0.910. The molecule has 0 radical (unpaired) electrons. The molecule has 2 N–H and O–H groups in total. The second-order valence-corrected chi connectivity index (χ2v) is 6.21. The number of nitrogens with zero attached hydrogens (tertiary/aromatic N) is 1. The van der Waals surface area contributed by atoms with E-state index >= 15 is 0 Å². The van der Waals surface area contributed by atoms with Gasteiger partial charge in [0.1, 0.15) is 5.75 Å². The zero-order chi connectivity index (χ0) is 14.7. The number of rotatable bonds is 4. The molecule has 0 heterocycles. The first-order valence-corrected chi connectivity index (χ1v) is 7.70. The van der Waals surface area contributed by atoms with E-state index in [0.717, 1.165) is 17.2 Å². The molecule has 3 heteroatoms. The Morgan fingerprint density at radius 2 is 1.90 bits per heavy atom. The number of ether oxygens (including phenoxy) is 1. The fraction of sp³-hybridized carbons (Fsp3) is 0.647. The van der Waals surface area contributed by atoms with E-state index in [0.29, 0.717) is 6.04 Å². The molecule has 3 nitrogen and oxygen atoms in total. The molecule has 0 saturated heterocycles. The Labute approximate surface area is 123 Å². The fourth-order valence-electron chi connectivity index (χ4n) is 3.30. The van der Waals surface area contributed by atoms with Crippen molar-refractivity contribution < 1.29 is 4.74 Å². The van der Waals surface area contributed by atoms with E-state index in [4.69, 9.17) is 10.5 Å². The standard InChI is InChI=1S/C17H28N2O/c1-12-8-10-14(11-9-12)19(3)15-6-5-7-16(20-4)17(15)13(2)18/h5-7,12-14H,8-11,18H2,1-4H3/t12?,13-,14?/m1/s1. The lowest BCUT2D eigenvalue weighted by Crippen LogP contribution is -2.35. The first-order chi connectivity index (χ1) is 9.54. The largest absolute Gasteiger partial charge is 0.496 e. The lowest BCUT2D eigenvalue weighted by Gasteiger charge is -2.36. The monoisotopic (exact) mass is 276 g/mol. The molecule has 1 aromatic carbocycles. The molecule has 1 fully saturated rings. The van der Waals surface area contributed by atoms with Crippen LogP contribution in [0.25, 0.3) is 0 Å². The van der Waals surface area contributed by atoms with E-state index in [2.05, 4.69) is 31.0 Å². The topological polar surface area (TPSA) is 38.5 Å². The SMILES string of the molecule is COc1cccc(N(C)C2CCC(C)CC2)c1[C@@H](C)N. The van der Waals surface area contributed by atoms with E-state index in [1.807, 2.05) is 13.0 Å². The Morgan fingerprint density at radius 1 is 1.25 bits per heavy atom. The molecule has 0 unspecified atom stereocenters. The summed E-state index contributed by atoms with van der Waals surface area (Å²) in [7, 11) is 3.91. The van der Waals surface area contributed by atoms with Crippen LogP contribution in [0, 0.1) is 5.92 Å². The van der Waals surface area contributed by atoms with Crippen LogP contribution >= 0.6 is 0 Å². The summed E-state index contributed by atoms with van der Waals surface area (Å²) in [6, 6.07) is 6.82. The molecule has 112 valence electrons. The third kappa shape index (κ3) is 3.09. The van der Waals surface area contributed by atoms with Gasteiger partial charge in [-0.15, -0.1) is 0 Å². The Kier molecular flexibility index (Phi) is 4.92. The van der Waals surface area contributed by atoms with E-state index < -0.39 is 0 Å². The minimum Gasteiger partial charge on any atom is -0.496 e. The summed E-state index contributed by atoms with van der Waals surface area (Å²) in [6.45, 7) is 4.38. The van der Waals surface area contributed by atoms with Crippen molar-refractivity contribution in [3.63, 3.8) is 0 Å². The summed E-state index contributed by atoms with van der Waals surface area (Å²) in [6.07, 6.45) is 5.19. The maximum absolute atomic E-state index is 6.17. The zero-order valence-electron chi connectivity index (χ0n) is 13.2. The van der Waals surface area contributed by atoms with Crippen molar-refractivity contribution in [3.05, 3.63) is 23.8 Å². The summed E-state index contributed by atoms with van der Waals surface area (Å²) < 4.78 is 5.50. The highest BCUT2D eigenvalue weighted by Gasteiger charge is 2.25. The molecule has 0 aromatic heterocycles. The van der Waals surface area contributed by atoms with Crippen LogP contribution in [0.1, 0.15) is 51.1 Å². The third-order valence-electron chi connectivity index (χ3n) is 4.63. The van der Waals surface area contributed by atoms with E-state index in [9.17, 15) is 0 Å². The van der Waals surface area contributed by atoms with Crippen LogP contribution in [0.5, 0.6) is 5.75 Å². The van der Waals surface area contributed by atoms with Crippen LogP contribution in [0.15, 0.2) is 18.2 Å². The number of methoxy groups -OCH3 is 1. The number of anilines is 1. The summed E-state index contributed by atoms with van der Waals surface area (Å²) in [5.74, 6) is 1.77. The van der Waals surface area contributed by atoms with Gasteiger partial charge >= 0.3 is 0 Å². The van der Waals surface area contributed by atoms with Gasteiger partial charge in [-0.1, -0.05) is 13.0 Å². The Bertz CT molecular complexity index is 437. The van der Waals surface area contributed by atoms with Gasteiger partial charge in [-0.05, 0) is 50.7 Å². The first kappa shape index (κ1) is 15.2. The normalized spacial score (nSPS) is 24.2. The van der Waals surface area contributed by atoms with E-state index in [1.165, 1.54) is 31.4 Å². The van der Waals surface area contributed by atoms with Gasteiger partial charge < -0.3 is 15.4 Å². The van der Waals surface area contributed by atoms with Gasteiger partial charge in [0, 0.05) is 30.4 Å². The average molecular weight is 276 g/mol. The van der Waals surface area contributed by atoms with Crippen LogP contribution in [0.2, 0.25) is 0 Å². The lowest BCUT2D eigenvalue weighted by molar-refractivity contribution is 0.340. The summed E-state index contributed by atoms with van der Waals surface area (Å²) in [5, 5.41) is 0. The summed E-state index contributed by atoms with van der Waals surface area (Å²) in [4.78, 5) is 2.41. The molecule has 2 rings (SSSR count). The molecule has 0 amide bonds. The molecule has 1 saturated carbocycles. The second-order valence-electron chi connectivity index (χ2n) is 6.21. The highest BCUT2D eigenvalue weighted by Crippen LogP contribution is 2.36. The molecule has 1 aromatic rings. The average Bonchev–Trinajstić information content (AvgIpc) is 2.46. The smallest absolute Gasteiger partial charge is 0.125 e. The summed E-state index contributed by atoms with van der Waals surface area (Å²) in [5.41, 5.74) is 8.52. The number of hydrogen-bond acceptors (Lipinski definition) is 3. The lowest BCUT2D eigenvalue weighted by atomic mass is 9.86. The van der Waals surface area contributed by atoms with Gasteiger partial charge in [0.25, 0.3) is 0 Å². The predicted molar refractivity (Wildman–Crippen MR) is 85.4 cm³/mol. The Morgan fingerprint density at radius 3 is 2.45 bits per heavy atom. The van der Waals surface area contributed by atoms with Crippen LogP contribution in [0.3, 0.4) is 0 Å². The van der Waals surface area contributed by atoms with Crippen molar-refractivity contribution in [1.82, 2.24) is 0 Å². The Balaban J connectivity index is 2.27. The van der Waals surface area contributed by atoms with Crippen LogP contribution in [-0.2, 0) is 0 Å². The number of hydrogen-bond donors (Lipinski definition) is 1. The van der Waals surface area contributed by atoms with Gasteiger partial charge in [0.2, 0.25) is 0 Å². The van der Waals surface area contributed by atoms with Gasteiger partial charge in [0.05, 0.1) is 7.11 Å². The highest BCUT2D eigenvalue weighted by molar-refractivity contribution is 5.61. The van der Waals surface area contributed by atoms with Crippen molar-refractivity contribution in [3.8, 4) is 5.75 Å². The van der Waals surface area contributed by atoms with Crippen molar-refractivity contribution in [2.45, 2.75) is 51.6 Å². The molecule has 1 atom stereocenters. The molecular weight excluding hydrogens is 248 g/mol. The highest BCUT2D eigenvalue weighted by atomic mass is 16.5. The van der Waals surface area contributed by atoms with Crippen molar-refractivity contribution >= 4 is 5.69 Å². The third-order valence-corrected chi connectivity index (χ3v) is 4.63. The fourth-order valence-corrected chi connectivity index (χ4v) is 3.30. The maximum Gasteiger partial charge on any atom is 0.125 e.